The van der Waals surface area contributed by atoms with Crippen LogP contribution < -0.4 is 11.2 Å². The molecule has 3 nitrogen and oxygen atoms in total. The molecular weight excluding hydrogens is 222 g/mol. The third-order valence-corrected chi connectivity index (χ3v) is 2.50. The lowest BCUT2D eigenvalue weighted by molar-refractivity contribution is 0.648. The Kier molecular flexibility index (Phi) is 3.10. The van der Waals surface area contributed by atoms with Gasteiger partial charge < -0.3 is 0 Å². The molecule has 2 aromatic rings. The Morgan fingerprint density at radius 1 is 1.19 bits per heavy atom. The van der Waals surface area contributed by atoms with Crippen molar-refractivity contribution < 1.29 is 0 Å². The van der Waals surface area contributed by atoms with Crippen molar-refractivity contribution in [3.05, 3.63) is 57.3 Å². The van der Waals surface area contributed by atoms with E-state index in [2.05, 4.69) is 5.10 Å². The first-order chi connectivity index (χ1) is 7.65. The highest BCUT2D eigenvalue weighted by Gasteiger charge is 1.99. The van der Waals surface area contributed by atoms with Gasteiger partial charge in [0.15, 0.2) is 7.85 Å². The van der Waals surface area contributed by atoms with E-state index in [-0.39, 0.29) is 5.56 Å². The molecule has 0 radical (unpaired) electrons. The van der Waals surface area contributed by atoms with Crippen LogP contribution in [0.25, 0.3) is 0 Å². The second kappa shape index (κ2) is 4.53. The molecule has 0 aliphatic carbocycles. The van der Waals surface area contributed by atoms with Crippen LogP contribution >= 0.6 is 11.6 Å². The fourth-order valence-corrected chi connectivity index (χ4v) is 1.55. The van der Waals surface area contributed by atoms with Crippen molar-refractivity contribution in [2.24, 2.45) is 0 Å². The minimum atomic E-state index is -0.0967. The summed E-state index contributed by atoms with van der Waals surface area (Å²) in [6, 6.07) is 10.6. The maximum absolute atomic E-state index is 11.5. The number of nitrogens with zero attached hydrogens (tertiary/aromatic N) is 2. The average Bonchev–Trinajstić information content (AvgIpc) is 2.27. The summed E-state index contributed by atoms with van der Waals surface area (Å²) in [7, 11) is 1.86. The second-order valence-corrected chi connectivity index (χ2v) is 4.03. The van der Waals surface area contributed by atoms with Crippen molar-refractivity contribution in [3.8, 4) is 0 Å². The zero-order valence-corrected chi connectivity index (χ0v) is 9.61. The van der Waals surface area contributed by atoms with Gasteiger partial charge in [0.1, 0.15) is 0 Å². The molecule has 0 aliphatic heterocycles. The molecular formula is C11H10BClN2O. The van der Waals surface area contributed by atoms with Crippen molar-refractivity contribution in [1.29, 1.82) is 0 Å². The molecule has 0 atom stereocenters. The molecule has 5 heteroatoms. The van der Waals surface area contributed by atoms with Crippen molar-refractivity contribution >= 4 is 25.0 Å². The number of hydrogen-bond donors (Lipinski definition) is 0. The number of halogens is 1. The Labute approximate surface area is 99.1 Å². The molecule has 0 spiro atoms. The van der Waals surface area contributed by atoms with E-state index in [9.17, 15) is 4.79 Å². The summed E-state index contributed by atoms with van der Waals surface area (Å²) in [6.45, 7) is 0.470. The molecule has 16 heavy (non-hydrogen) atoms. The van der Waals surface area contributed by atoms with Crippen LogP contribution in [0.5, 0.6) is 0 Å². The van der Waals surface area contributed by atoms with E-state index >= 15 is 0 Å². The number of benzene rings is 1. The second-order valence-electron chi connectivity index (χ2n) is 3.60. The Morgan fingerprint density at radius 2 is 1.88 bits per heavy atom. The largest absolute Gasteiger partial charge is 0.268 e. The summed E-state index contributed by atoms with van der Waals surface area (Å²) < 4.78 is 1.44. The minimum Gasteiger partial charge on any atom is -0.268 e. The van der Waals surface area contributed by atoms with Gasteiger partial charge in [-0.1, -0.05) is 23.7 Å². The zero-order chi connectivity index (χ0) is 11.5. The van der Waals surface area contributed by atoms with Gasteiger partial charge in [-0.25, -0.2) is 4.68 Å². The van der Waals surface area contributed by atoms with Crippen molar-refractivity contribution in [1.82, 2.24) is 9.78 Å². The normalized spacial score (nSPS) is 10.3. The van der Waals surface area contributed by atoms with Crippen LogP contribution in [0, 0.1) is 0 Å². The molecule has 1 aromatic carbocycles. The summed E-state index contributed by atoms with van der Waals surface area (Å²) in [6.07, 6.45) is 0. The lowest BCUT2D eigenvalue weighted by Crippen LogP contribution is -2.28. The number of rotatable bonds is 2. The van der Waals surface area contributed by atoms with E-state index in [1.807, 2.05) is 20.0 Å². The van der Waals surface area contributed by atoms with Gasteiger partial charge in [0.2, 0.25) is 0 Å². The van der Waals surface area contributed by atoms with E-state index in [0.717, 1.165) is 11.2 Å². The smallest absolute Gasteiger partial charge is 0.266 e. The first-order valence-electron chi connectivity index (χ1n) is 4.94. The quantitative estimate of drug-likeness (QED) is 0.694. The highest BCUT2D eigenvalue weighted by atomic mass is 35.5. The molecule has 0 bridgehead atoms. The molecule has 0 N–H and O–H groups in total. The van der Waals surface area contributed by atoms with Crippen LogP contribution in [0.1, 0.15) is 5.56 Å². The van der Waals surface area contributed by atoms with Gasteiger partial charge in [0, 0.05) is 16.7 Å². The molecule has 0 saturated heterocycles. The zero-order valence-electron chi connectivity index (χ0n) is 8.85. The van der Waals surface area contributed by atoms with Gasteiger partial charge in [0.05, 0.1) is 6.54 Å². The van der Waals surface area contributed by atoms with Crippen LogP contribution in [0.4, 0.5) is 0 Å². The van der Waals surface area contributed by atoms with E-state index in [0.29, 0.717) is 11.6 Å². The van der Waals surface area contributed by atoms with Crippen molar-refractivity contribution in [2.45, 2.75) is 6.54 Å². The summed E-state index contributed by atoms with van der Waals surface area (Å²) >= 11 is 5.79. The topological polar surface area (TPSA) is 34.9 Å². The standard InChI is InChI=1S/C11H10BClN2O/c12-10-5-6-11(16)15(14-10)7-8-1-3-9(13)4-2-8/h1-6H,7,12H2. The first kappa shape index (κ1) is 11.0. The third-order valence-electron chi connectivity index (χ3n) is 2.25. The molecule has 80 valence electrons. The van der Waals surface area contributed by atoms with E-state index in [1.54, 1.807) is 18.2 Å². The van der Waals surface area contributed by atoms with Gasteiger partial charge >= 0.3 is 0 Å². The Balaban J connectivity index is 2.30. The highest BCUT2D eigenvalue weighted by molar-refractivity contribution is 6.30. The third kappa shape index (κ3) is 2.52. The fraction of sp³-hybridized carbons (Fsp3) is 0.0909. The lowest BCUT2D eigenvalue weighted by Gasteiger charge is -2.05. The van der Waals surface area contributed by atoms with E-state index < -0.39 is 0 Å². The van der Waals surface area contributed by atoms with Gasteiger partial charge in [-0.15, -0.1) is 0 Å². The maximum atomic E-state index is 11.5. The number of hydrogen-bond acceptors (Lipinski definition) is 2. The van der Waals surface area contributed by atoms with E-state index in [4.69, 9.17) is 11.6 Å². The predicted molar refractivity (Wildman–Crippen MR) is 67.2 cm³/mol. The molecule has 1 heterocycles. The van der Waals surface area contributed by atoms with Gasteiger partial charge in [0.25, 0.3) is 5.56 Å². The van der Waals surface area contributed by atoms with Crippen LogP contribution in [-0.2, 0) is 6.54 Å². The Hall–Kier alpha value is -1.55. The van der Waals surface area contributed by atoms with Gasteiger partial charge in [-0.05, 0) is 23.8 Å². The molecule has 2 rings (SSSR count). The summed E-state index contributed by atoms with van der Waals surface area (Å²) in [4.78, 5) is 11.5. The summed E-state index contributed by atoms with van der Waals surface area (Å²) in [5.74, 6) is 0. The average molecular weight is 232 g/mol. The molecule has 0 unspecified atom stereocenters. The van der Waals surface area contributed by atoms with Gasteiger partial charge in [-0.2, -0.15) is 5.10 Å². The monoisotopic (exact) mass is 232 g/mol. The molecule has 0 fully saturated rings. The molecule has 0 amide bonds. The lowest BCUT2D eigenvalue weighted by atomic mass is 10.1. The Morgan fingerprint density at radius 3 is 2.56 bits per heavy atom. The Bertz CT molecular complexity index is 551. The maximum Gasteiger partial charge on any atom is 0.266 e. The van der Waals surface area contributed by atoms with Gasteiger partial charge in [-0.3, -0.25) is 4.79 Å². The number of aromatic nitrogens is 2. The fourth-order valence-electron chi connectivity index (χ4n) is 1.43. The summed E-state index contributed by atoms with van der Waals surface area (Å²) in [5, 5.41) is 4.85. The van der Waals surface area contributed by atoms with Crippen LogP contribution in [0.15, 0.2) is 41.2 Å². The van der Waals surface area contributed by atoms with Crippen LogP contribution in [0.2, 0.25) is 5.02 Å². The molecule has 0 saturated carbocycles. The van der Waals surface area contributed by atoms with E-state index in [1.165, 1.54) is 10.7 Å². The molecule has 1 aromatic heterocycles. The minimum absolute atomic E-state index is 0.0967. The van der Waals surface area contributed by atoms with Crippen molar-refractivity contribution in [3.63, 3.8) is 0 Å². The summed E-state index contributed by atoms with van der Waals surface area (Å²) in [5.41, 5.74) is 1.73. The molecule has 0 aliphatic rings. The van der Waals surface area contributed by atoms with Crippen molar-refractivity contribution in [2.75, 3.05) is 0 Å². The van der Waals surface area contributed by atoms with Crippen LogP contribution in [-0.4, -0.2) is 17.6 Å². The predicted octanol–water partition coefficient (Wildman–Crippen LogP) is 0.203. The highest BCUT2D eigenvalue weighted by Crippen LogP contribution is 2.09. The SMILES string of the molecule is Bc1ccc(=O)n(Cc2ccc(Cl)cc2)n1. The van der Waals surface area contributed by atoms with Crippen LogP contribution in [0.3, 0.4) is 0 Å². The first-order valence-corrected chi connectivity index (χ1v) is 5.32.